The van der Waals surface area contributed by atoms with E-state index in [-0.39, 0.29) is 34.5 Å². The molecular formula is C47H48ClF2N5O6. The van der Waals surface area contributed by atoms with Gasteiger partial charge in [-0.25, -0.2) is 8.78 Å². The van der Waals surface area contributed by atoms with Crippen molar-refractivity contribution in [3.63, 3.8) is 0 Å². The van der Waals surface area contributed by atoms with Gasteiger partial charge in [-0.05, 0) is 96.8 Å². The number of alkyl halides is 1. The number of nitrogens with zero attached hydrogens (tertiary/aromatic N) is 4. The van der Waals surface area contributed by atoms with Crippen LogP contribution in [0.4, 0.5) is 14.5 Å². The second-order valence-electron chi connectivity index (χ2n) is 15.1. The number of imide groups is 2. The zero-order chi connectivity index (χ0) is 49.8. The third-order valence-electron chi connectivity index (χ3n) is 11.3. The largest absolute Gasteiger partial charge is 0.508 e. The Labute approximate surface area is 369 Å². The molecule has 61 heavy (non-hydrogen) atoms. The summed E-state index contributed by atoms with van der Waals surface area (Å²) in [5.74, 6) is -7.43. The van der Waals surface area contributed by atoms with Crippen LogP contribution in [-0.4, -0.2) is 114 Å². The van der Waals surface area contributed by atoms with E-state index < -0.39 is 96.6 Å². The number of nitrogens with one attached hydrogen (secondary N) is 1. The summed E-state index contributed by atoms with van der Waals surface area (Å²) in [6, 6.07) is 23.2. The molecule has 1 unspecified atom stereocenters. The van der Waals surface area contributed by atoms with Gasteiger partial charge in [-0.3, -0.25) is 39.2 Å². The first-order chi connectivity index (χ1) is 32.6. The summed E-state index contributed by atoms with van der Waals surface area (Å²) >= 11 is 6.30. The molecule has 11 nitrogen and oxygen atoms in total. The summed E-state index contributed by atoms with van der Waals surface area (Å²) < 4.78 is 110. The van der Waals surface area contributed by atoms with E-state index in [0.717, 1.165) is 27.8 Å². The third kappa shape index (κ3) is 9.05. The van der Waals surface area contributed by atoms with E-state index in [1.807, 2.05) is 72.0 Å². The highest BCUT2D eigenvalue weighted by Gasteiger charge is 2.48. The Bertz CT molecular complexity index is 2670. The topological polar surface area (TPSA) is 123 Å². The van der Waals surface area contributed by atoms with Crippen molar-refractivity contribution in [2.45, 2.75) is 38.1 Å². The van der Waals surface area contributed by atoms with Crippen molar-refractivity contribution in [2.24, 2.45) is 5.92 Å². The molecule has 3 saturated heterocycles. The minimum absolute atomic E-state index is 0.149. The van der Waals surface area contributed by atoms with Crippen LogP contribution in [0.15, 0.2) is 84.9 Å². The number of allylic oxidation sites excluding steroid dienone is 1. The summed E-state index contributed by atoms with van der Waals surface area (Å²) in [6.07, 6.45) is 0.756. The summed E-state index contributed by atoms with van der Waals surface area (Å²) in [4.78, 5) is 53.7. The molecule has 2 N–H and O–H groups in total. The van der Waals surface area contributed by atoms with Crippen molar-refractivity contribution in [1.29, 1.82) is 0 Å². The Morgan fingerprint density at radius 3 is 2.13 bits per heavy atom. The monoisotopic (exact) mass is 859 g/mol. The second-order valence-corrected chi connectivity index (χ2v) is 15.5. The van der Waals surface area contributed by atoms with E-state index in [4.69, 9.17) is 27.3 Å². The van der Waals surface area contributed by atoms with Gasteiger partial charge < -0.3 is 14.7 Å². The molecule has 8 rings (SSSR count). The Balaban J connectivity index is 0.929. The lowest BCUT2D eigenvalue weighted by molar-refractivity contribution is -0.136. The second kappa shape index (κ2) is 18.6. The number of likely N-dealkylation sites (tertiary alicyclic amines) is 1. The lowest BCUT2D eigenvalue weighted by Crippen LogP contribution is -2.54. The van der Waals surface area contributed by atoms with Gasteiger partial charge in [0.15, 0.2) is 5.82 Å². The van der Waals surface area contributed by atoms with E-state index in [9.17, 15) is 24.3 Å². The van der Waals surface area contributed by atoms with Gasteiger partial charge in [0.1, 0.15) is 30.0 Å². The highest BCUT2D eigenvalue weighted by atomic mass is 35.5. The molecule has 4 aromatic carbocycles. The molecule has 3 fully saturated rings. The molecule has 0 radical (unpaired) electrons. The number of phenols is 1. The van der Waals surface area contributed by atoms with Gasteiger partial charge in [0, 0.05) is 62.9 Å². The first-order valence-corrected chi connectivity index (χ1v) is 20.6. The molecule has 0 saturated carbocycles. The van der Waals surface area contributed by atoms with Crippen molar-refractivity contribution < 1.29 is 48.8 Å². The molecule has 318 valence electrons. The first kappa shape index (κ1) is 33.1. The lowest BCUT2D eigenvalue weighted by atomic mass is 9.88. The van der Waals surface area contributed by atoms with Crippen LogP contribution in [0.3, 0.4) is 0 Å². The van der Waals surface area contributed by atoms with Gasteiger partial charge in [0.25, 0.3) is 11.8 Å². The molecule has 4 aromatic rings. The van der Waals surface area contributed by atoms with Gasteiger partial charge in [-0.2, -0.15) is 0 Å². The highest BCUT2D eigenvalue weighted by molar-refractivity contribution is 6.24. The quantitative estimate of drug-likeness (QED) is 0.0874. The number of amides is 4. The van der Waals surface area contributed by atoms with Gasteiger partial charge in [0.05, 0.1) is 22.3 Å². The van der Waals surface area contributed by atoms with Crippen molar-refractivity contribution in [1.82, 2.24) is 20.0 Å². The van der Waals surface area contributed by atoms with E-state index in [1.54, 1.807) is 12.1 Å². The molecular weight excluding hydrogens is 804 g/mol. The van der Waals surface area contributed by atoms with Crippen LogP contribution in [-0.2, 0) is 9.59 Å². The number of piperidine rings is 2. The van der Waals surface area contributed by atoms with Crippen LogP contribution >= 0.6 is 11.6 Å². The lowest BCUT2D eigenvalue weighted by Gasteiger charge is -2.39. The van der Waals surface area contributed by atoms with Crippen LogP contribution in [0.25, 0.3) is 11.1 Å². The number of hydrogen-bond acceptors (Lipinski definition) is 9. The number of anilines is 1. The third-order valence-corrected chi connectivity index (χ3v) is 11.5. The summed E-state index contributed by atoms with van der Waals surface area (Å²) in [7, 11) is 0. The number of ether oxygens (including phenoxy) is 1. The number of halogens is 3. The normalized spacial score (nSPS) is 24.8. The first-order valence-electron chi connectivity index (χ1n) is 24.0. The minimum atomic E-state index is -3.63. The smallest absolute Gasteiger partial charge is 0.265 e. The number of fused-ring (bicyclic) bond motifs is 1. The number of hydrogen-bond donors (Lipinski definition) is 2. The van der Waals surface area contributed by atoms with Gasteiger partial charge in [0.2, 0.25) is 11.8 Å². The molecule has 14 heteroatoms. The standard InChI is InChI=1S/C47H48ClF2N5O6/c48-19-16-36(31-4-2-1-3-5-31)41(32-6-10-34(56)11-7-32)33-8-12-35(13-9-33)61-27-26-52-20-17-30(18-21-52)29-53-22-24-54(25-23-53)39-28-37(49)42-43(44(39)50)47(60)55(46(42)59)38-14-15-40(57)51-45(38)58/h1-13,28,30,38,56H,14-27,29H2,(H,51,57,58)/i22D2,23D2,24D2,25D2. The fraction of sp³-hybridized carbons (Fsp3) is 0.362. The van der Waals surface area contributed by atoms with E-state index in [1.165, 1.54) is 0 Å². The van der Waals surface area contributed by atoms with Crippen LogP contribution in [0.5, 0.6) is 11.5 Å². The Hall–Kier alpha value is -5.63. The zero-order valence-electron chi connectivity index (χ0n) is 40.9. The van der Waals surface area contributed by atoms with Crippen LogP contribution in [0.1, 0.15) is 80.5 Å². The van der Waals surface area contributed by atoms with Crippen molar-refractivity contribution in [2.75, 3.05) is 69.6 Å². The fourth-order valence-electron chi connectivity index (χ4n) is 8.17. The molecule has 0 aliphatic carbocycles. The zero-order valence-corrected chi connectivity index (χ0v) is 33.7. The molecule has 4 heterocycles. The number of aromatic hydroxyl groups is 1. The summed E-state index contributed by atoms with van der Waals surface area (Å²) in [6.45, 7) is -12.7. The van der Waals surface area contributed by atoms with E-state index >= 15 is 8.78 Å². The van der Waals surface area contributed by atoms with Crippen LogP contribution in [0, 0.1) is 17.6 Å². The number of carbonyl (C=O) groups excluding carboxylic acids is 4. The number of benzene rings is 4. The minimum Gasteiger partial charge on any atom is -0.508 e. The number of rotatable bonds is 13. The van der Waals surface area contributed by atoms with Crippen molar-refractivity contribution in [3.8, 4) is 11.5 Å². The van der Waals surface area contributed by atoms with Gasteiger partial charge in [-0.1, -0.05) is 54.6 Å². The SMILES string of the molecule is [2H]C1([2H])N(CC2CCN(CCOc3ccc(C(=C(CCCl)c4ccccc4)c4ccc(O)cc4)cc3)CC2)C([2H])([2H])C([2H])([2H])N(c2cc(F)c3c(c2F)C(=O)N(C2CCC(=O)NC2=O)C3=O)C1([2H])[2H]. The number of piperazine rings is 1. The molecule has 4 amide bonds. The predicted molar refractivity (Wildman–Crippen MR) is 229 cm³/mol. The maximum Gasteiger partial charge on any atom is 0.265 e. The van der Waals surface area contributed by atoms with Crippen LogP contribution in [0.2, 0.25) is 0 Å². The molecule has 4 aliphatic rings. The summed E-state index contributed by atoms with van der Waals surface area (Å²) in [5.41, 5.74) is 1.11. The molecule has 0 spiro atoms. The van der Waals surface area contributed by atoms with Crippen molar-refractivity contribution in [3.05, 3.63) is 124 Å². The van der Waals surface area contributed by atoms with Gasteiger partial charge in [-0.15, -0.1) is 11.6 Å². The average molecular weight is 860 g/mol. The fourth-order valence-corrected chi connectivity index (χ4v) is 8.36. The van der Waals surface area contributed by atoms with E-state index in [2.05, 4.69) is 4.90 Å². The van der Waals surface area contributed by atoms with Gasteiger partial charge >= 0.3 is 0 Å². The maximum absolute atomic E-state index is 16.6. The van der Waals surface area contributed by atoms with Crippen molar-refractivity contribution >= 4 is 52.1 Å². The maximum atomic E-state index is 16.6. The van der Waals surface area contributed by atoms with E-state index in [0.29, 0.717) is 62.0 Å². The Morgan fingerprint density at radius 2 is 1.48 bits per heavy atom. The molecule has 1 atom stereocenters. The Morgan fingerprint density at radius 1 is 0.820 bits per heavy atom. The van der Waals surface area contributed by atoms with Crippen LogP contribution < -0.4 is 15.0 Å². The highest BCUT2D eigenvalue weighted by Crippen LogP contribution is 2.38. The average Bonchev–Trinajstić information content (AvgIpc) is 3.57. The molecule has 0 bridgehead atoms. The molecule has 4 aliphatic heterocycles. The summed E-state index contributed by atoms with van der Waals surface area (Å²) in [5, 5.41) is 11.9. The number of carbonyl (C=O) groups is 4. The Kier molecular flexibility index (Phi) is 10.1. The predicted octanol–water partition coefficient (Wildman–Crippen LogP) is 6.57. The number of phenolic OH excluding ortho intramolecular Hbond substituents is 1. The molecule has 0 aromatic heterocycles.